The SMILES string of the molecule is CCC(C(=O)O)N(CC1(CCS)OCCO1)C(=O)OC(C)(C)C. The van der Waals surface area contributed by atoms with Crippen LogP contribution in [0.3, 0.4) is 0 Å². The number of rotatable bonds is 7. The van der Waals surface area contributed by atoms with Crippen LogP contribution in [-0.4, -0.2) is 65.0 Å². The first kappa shape index (κ1) is 20.1. The molecule has 8 heteroatoms. The van der Waals surface area contributed by atoms with E-state index in [4.69, 9.17) is 14.2 Å². The largest absolute Gasteiger partial charge is 0.480 e. The molecule has 134 valence electrons. The van der Waals surface area contributed by atoms with Gasteiger partial charge in [0, 0.05) is 6.42 Å². The number of thiol groups is 1. The Labute approximate surface area is 142 Å². The summed E-state index contributed by atoms with van der Waals surface area (Å²) in [6.45, 7) is 7.70. The third-order valence-corrected chi connectivity index (χ3v) is 3.62. The van der Waals surface area contributed by atoms with E-state index in [0.29, 0.717) is 25.4 Å². The Morgan fingerprint density at radius 2 is 1.91 bits per heavy atom. The molecule has 1 atom stereocenters. The summed E-state index contributed by atoms with van der Waals surface area (Å²) in [5.74, 6) is -1.62. The number of carbonyl (C=O) groups is 2. The lowest BCUT2D eigenvalue weighted by atomic mass is 10.1. The highest BCUT2D eigenvalue weighted by molar-refractivity contribution is 7.80. The smallest absolute Gasteiger partial charge is 0.411 e. The van der Waals surface area contributed by atoms with Gasteiger partial charge in [-0.05, 0) is 32.9 Å². The molecule has 1 fully saturated rings. The fraction of sp³-hybridized carbons (Fsp3) is 0.867. The van der Waals surface area contributed by atoms with Gasteiger partial charge >= 0.3 is 12.1 Å². The Morgan fingerprint density at radius 3 is 2.30 bits per heavy atom. The molecule has 0 aromatic carbocycles. The van der Waals surface area contributed by atoms with E-state index in [9.17, 15) is 14.7 Å². The molecule has 23 heavy (non-hydrogen) atoms. The molecule has 7 nitrogen and oxygen atoms in total. The number of aliphatic carboxylic acids is 1. The van der Waals surface area contributed by atoms with Gasteiger partial charge in [0.15, 0.2) is 5.79 Å². The van der Waals surface area contributed by atoms with Crippen molar-refractivity contribution in [2.75, 3.05) is 25.5 Å². The minimum absolute atomic E-state index is 0.00667. The van der Waals surface area contributed by atoms with Crippen molar-refractivity contribution in [1.29, 1.82) is 0 Å². The predicted octanol–water partition coefficient (Wildman–Crippen LogP) is 2.15. The summed E-state index contributed by atoms with van der Waals surface area (Å²) in [7, 11) is 0. The Kier molecular flexibility index (Phi) is 7.16. The van der Waals surface area contributed by atoms with Gasteiger partial charge in [-0.2, -0.15) is 12.6 Å². The van der Waals surface area contributed by atoms with Crippen LogP contribution in [0.4, 0.5) is 4.79 Å². The topological polar surface area (TPSA) is 85.3 Å². The van der Waals surface area contributed by atoms with E-state index in [1.807, 2.05) is 0 Å². The van der Waals surface area contributed by atoms with Crippen LogP contribution < -0.4 is 0 Å². The lowest BCUT2D eigenvalue weighted by Crippen LogP contribution is -2.54. The maximum atomic E-state index is 12.5. The number of amides is 1. The second-order valence-corrected chi connectivity index (χ2v) is 6.90. The van der Waals surface area contributed by atoms with Crippen LogP contribution in [0.15, 0.2) is 0 Å². The van der Waals surface area contributed by atoms with E-state index in [2.05, 4.69) is 12.6 Å². The van der Waals surface area contributed by atoms with Crippen LogP contribution in [0.1, 0.15) is 40.5 Å². The van der Waals surface area contributed by atoms with Crippen LogP contribution >= 0.6 is 12.6 Å². The Hall–Kier alpha value is -0.990. The molecular formula is C15H27NO6S. The molecule has 0 aliphatic carbocycles. The number of hydrogen-bond acceptors (Lipinski definition) is 6. The molecule has 1 rings (SSSR count). The maximum Gasteiger partial charge on any atom is 0.411 e. The quantitative estimate of drug-likeness (QED) is 0.685. The molecule has 1 N–H and O–H groups in total. The fourth-order valence-corrected chi connectivity index (χ4v) is 2.73. The molecule has 1 heterocycles. The second kappa shape index (κ2) is 8.21. The van der Waals surface area contributed by atoms with Crippen molar-refractivity contribution in [3.63, 3.8) is 0 Å². The first-order valence-corrected chi connectivity index (χ1v) is 8.38. The van der Waals surface area contributed by atoms with Crippen LogP contribution in [0, 0.1) is 0 Å². The number of nitrogens with zero attached hydrogens (tertiary/aromatic N) is 1. The summed E-state index contributed by atoms with van der Waals surface area (Å²) in [4.78, 5) is 25.2. The first-order chi connectivity index (χ1) is 10.6. The summed E-state index contributed by atoms with van der Waals surface area (Å²) in [5, 5.41) is 9.43. The zero-order valence-electron chi connectivity index (χ0n) is 14.2. The van der Waals surface area contributed by atoms with Gasteiger partial charge in [-0.3, -0.25) is 4.90 Å². The average molecular weight is 349 g/mol. The molecule has 1 amide bonds. The maximum absolute atomic E-state index is 12.5. The van der Waals surface area contributed by atoms with Gasteiger partial charge in [0.2, 0.25) is 0 Å². The average Bonchev–Trinajstić information content (AvgIpc) is 2.85. The number of carboxylic acids is 1. The van der Waals surface area contributed by atoms with Crippen molar-refractivity contribution >= 4 is 24.7 Å². The minimum atomic E-state index is -1.09. The summed E-state index contributed by atoms with van der Waals surface area (Å²) >= 11 is 4.20. The van der Waals surface area contributed by atoms with Gasteiger partial charge < -0.3 is 19.3 Å². The van der Waals surface area contributed by atoms with Crippen LogP contribution in [0.5, 0.6) is 0 Å². The van der Waals surface area contributed by atoms with Crippen LogP contribution in [0.2, 0.25) is 0 Å². The summed E-state index contributed by atoms with van der Waals surface area (Å²) in [6.07, 6.45) is 0.0150. The first-order valence-electron chi connectivity index (χ1n) is 7.75. The highest BCUT2D eigenvalue weighted by Gasteiger charge is 2.43. The zero-order chi connectivity index (χ0) is 17.7. The number of ether oxygens (including phenoxy) is 3. The van der Waals surface area contributed by atoms with Crippen LogP contribution in [-0.2, 0) is 19.0 Å². The van der Waals surface area contributed by atoms with E-state index < -0.39 is 29.5 Å². The third kappa shape index (κ3) is 5.86. The standard InChI is InChI=1S/C15H27NO6S/c1-5-11(12(17)18)16(13(19)22-14(2,3)4)10-15(6-9-23)20-7-8-21-15/h11,23H,5-10H2,1-4H3,(H,17,18). The van der Waals surface area contributed by atoms with Gasteiger partial charge in [-0.1, -0.05) is 6.92 Å². The molecule has 1 unspecified atom stereocenters. The molecule has 0 spiro atoms. The highest BCUT2D eigenvalue weighted by Crippen LogP contribution is 2.27. The Morgan fingerprint density at radius 1 is 1.35 bits per heavy atom. The van der Waals surface area contributed by atoms with Crippen molar-refractivity contribution in [2.45, 2.75) is 58.0 Å². The molecule has 0 bridgehead atoms. The molecule has 1 aliphatic heterocycles. The molecule has 0 aromatic heterocycles. The number of carbonyl (C=O) groups excluding carboxylic acids is 1. The Bertz CT molecular complexity index is 417. The molecule has 0 radical (unpaired) electrons. The molecular weight excluding hydrogens is 322 g/mol. The zero-order valence-corrected chi connectivity index (χ0v) is 15.1. The van der Waals surface area contributed by atoms with Crippen molar-refractivity contribution in [2.24, 2.45) is 0 Å². The van der Waals surface area contributed by atoms with Gasteiger partial charge in [-0.15, -0.1) is 0 Å². The highest BCUT2D eigenvalue weighted by atomic mass is 32.1. The summed E-state index contributed by atoms with van der Waals surface area (Å²) < 4.78 is 16.7. The fourth-order valence-electron chi connectivity index (χ4n) is 2.39. The number of carboxylic acid groups (broad SMARTS) is 1. The van der Waals surface area contributed by atoms with E-state index >= 15 is 0 Å². The van der Waals surface area contributed by atoms with Crippen molar-refractivity contribution in [3.8, 4) is 0 Å². The third-order valence-electron chi connectivity index (χ3n) is 3.39. The van der Waals surface area contributed by atoms with E-state index in [-0.39, 0.29) is 13.0 Å². The van der Waals surface area contributed by atoms with Crippen molar-refractivity contribution in [1.82, 2.24) is 4.90 Å². The monoisotopic (exact) mass is 349 g/mol. The van der Waals surface area contributed by atoms with Gasteiger partial charge in [0.25, 0.3) is 0 Å². The molecule has 0 saturated carbocycles. The minimum Gasteiger partial charge on any atom is -0.480 e. The van der Waals surface area contributed by atoms with Gasteiger partial charge in [0.1, 0.15) is 11.6 Å². The van der Waals surface area contributed by atoms with E-state index in [1.54, 1.807) is 27.7 Å². The number of hydrogen-bond donors (Lipinski definition) is 2. The van der Waals surface area contributed by atoms with Crippen molar-refractivity contribution in [3.05, 3.63) is 0 Å². The summed E-state index contributed by atoms with van der Waals surface area (Å²) in [6, 6.07) is -1.01. The Balaban J connectivity index is 3.02. The molecule has 0 aromatic rings. The second-order valence-electron chi connectivity index (χ2n) is 6.45. The lowest BCUT2D eigenvalue weighted by molar-refractivity contribution is -0.176. The van der Waals surface area contributed by atoms with Gasteiger partial charge in [0.05, 0.1) is 19.8 Å². The molecule has 1 aliphatic rings. The predicted molar refractivity (Wildman–Crippen MR) is 87.8 cm³/mol. The van der Waals surface area contributed by atoms with E-state index in [0.717, 1.165) is 0 Å². The van der Waals surface area contributed by atoms with Crippen molar-refractivity contribution < 1.29 is 28.9 Å². The normalized spacial score (nSPS) is 18.5. The van der Waals surface area contributed by atoms with Gasteiger partial charge in [-0.25, -0.2) is 9.59 Å². The lowest BCUT2D eigenvalue weighted by Gasteiger charge is -2.37. The summed E-state index contributed by atoms with van der Waals surface area (Å²) in [5.41, 5.74) is -0.722. The molecule has 1 saturated heterocycles. The van der Waals surface area contributed by atoms with Crippen LogP contribution in [0.25, 0.3) is 0 Å². The van der Waals surface area contributed by atoms with E-state index in [1.165, 1.54) is 4.90 Å².